The Morgan fingerprint density at radius 1 is 1.03 bits per heavy atom. The van der Waals surface area contributed by atoms with E-state index in [0.717, 1.165) is 32.5 Å². The largest absolute Gasteiger partial charge is 0.507 e. The molecule has 0 heterocycles. The van der Waals surface area contributed by atoms with E-state index in [4.69, 9.17) is 0 Å². The Bertz CT molecular complexity index is 1040. The van der Waals surface area contributed by atoms with Crippen LogP contribution in [0.5, 0.6) is 11.5 Å². The zero-order valence-electron chi connectivity index (χ0n) is 18.8. The van der Waals surface area contributed by atoms with Gasteiger partial charge in [-0.2, -0.15) is 0 Å². The molecule has 1 aliphatic carbocycles. The van der Waals surface area contributed by atoms with Crippen molar-refractivity contribution in [2.45, 2.75) is 46.1 Å². The van der Waals surface area contributed by atoms with Gasteiger partial charge in [-0.15, -0.1) is 0 Å². The number of nitrogens with one attached hydrogen (secondary N) is 1. The monoisotopic (exact) mass is 438 g/mol. The maximum Gasteiger partial charge on any atom is 0.224 e. The summed E-state index contributed by atoms with van der Waals surface area (Å²) in [6.45, 7) is 9.10. The molecule has 0 saturated heterocycles. The van der Waals surface area contributed by atoms with E-state index in [2.05, 4.69) is 24.1 Å². The second-order valence-electron chi connectivity index (χ2n) is 8.17. The van der Waals surface area contributed by atoms with Gasteiger partial charge in [0.15, 0.2) is 11.6 Å². The van der Waals surface area contributed by atoms with Crippen molar-refractivity contribution in [3.05, 3.63) is 58.1 Å². The van der Waals surface area contributed by atoms with E-state index >= 15 is 0 Å². The van der Waals surface area contributed by atoms with Crippen LogP contribution in [0, 0.1) is 0 Å². The number of rotatable bonds is 9. The van der Waals surface area contributed by atoms with Crippen LogP contribution in [0.1, 0.15) is 71.0 Å². The van der Waals surface area contributed by atoms with Crippen LogP contribution in [-0.2, 0) is 11.2 Å². The number of fused-ring (bicyclic) bond motifs is 2. The maximum atomic E-state index is 12.9. The molecule has 2 aromatic rings. The van der Waals surface area contributed by atoms with E-state index in [9.17, 15) is 24.6 Å². The van der Waals surface area contributed by atoms with Gasteiger partial charge in [-0.25, -0.2) is 0 Å². The number of hydrogen-bond acceptors (Lipinski definition) is 6. The topological polar surface area (TPSA) is 107 Å². The van der Waals surface area contributed by atoms with Gasteiger partial charge in [-0.05, 0) is 45.5 Å². The fraction of sp³-hybridized carbons (Fsp3) is 0.400. The number of hydrogen-bond donors (Lipinski definition) is 3. The Hall–Kier alpha value is -3.19. The lowest BCUT2D eigenvalue weighted by Gasteiger charge is -2.21. The summed E-state index contributed by atoms with van der Waals surface area (Å²) in [5, 5.41) is 24.1. The van der Waals surface area contributed by atoms with E-state index in [1.165, 1.54) is 18.2 Å². The van der Waals surface area contributed by atoms with Crippen molar-refractivity contribution < 1.29 is 24.6 Å². The van der Waals surface area contributed by atoms with Crippen molar-refractivity contribution in [3.63, 3.8) is 0 Å². The molecule has 1 amide bonds. The first-order valence-electron chi connectivity index (χ1n) is 11.1. The average Bonchev–Trinajstić information content (AvgIpc) is 2.77. The number of carbonyl (C=O) groups excluding carboxylic acids is 3. The molecular formula is C25H30N2O5. The number of phenols is 2. The number of ketones is 2. The summed E-state index contributed by atoms with van der Waals surface area (Å²) >= 11 is 0. The zero-order chi connectivity index (χ0) is 23.4. The standard InChI is InChI=1S/C25H30N2O5/c1-4-27(5-2)12-8-9-15(3)26-20(29)14-16-13-19(28)21-22(23(16)30)25(32)18-11-7-6-10-17(18)24(21)31/h6-7,10-11,13,15,28,30H,4-5,8-9,12,14H2,1-3H3,(H,26,29). The molecule has 32 heavy (non-hydrogen) atoms. The average molecular weight is 439 g/mol. The van der Waals surface area contributed by atoms with Crippen molar-refractivity contribution in [2.75, 3.05) is 19.6 Å². The normalized spacial score (nSPS) is 13.6. The Balaban J connectivity index is 1.74. The molecule has 0 fully saturated rings. The minimum Gasteiger partial charge on any atom is -0.507 e. The summed E-state index contributed by atoms with van der Waals surface area (Å²) in [6.07, 6.45) is 1.55. The molecule has 7 nitrogen and oxygen atoms in total. The van der Waals surface area contributed by atoms with E-state index in [0.29, 0.717) is 0 Å². The van der Waals surface area contributed by atoms with E-state index in [1.807, 2.05) is 6.92 Å². The van der Waals surface area contributed by atoms with Crippen molar-refractivity contribution in [2.24, 2.45) is 0 Å². The van der Waals surface area contributed by atoms with E-state index < -0.39 is 23.1 Å². The fourth-order valence-corrected chi connectivity index (χ4v) is 4.18. The molecule has 170 valence electrons. The lowest BCUT2D eigenvalue weighted by Crippen LogP contribution is -2.34. The number of benzene rings is 2. The van der Waals surface area contributed by atoms with E-state index in [-0.39, 0.29) is 46.2 Å². The molecule has 0 aromatic heterocycles. The minimum atomic E-state index is -0.546. The van der Waals surface area contributed by atoms with Crippen molar-refractivity contribution in [1.29, 1.82) is 0 Å². The maximum absolute atomic E-state index is 12.9. The summed E-state index contributed by atoms with van der Waals surface area (Å²) in [4.78, 5) is 40.6. The third-order valence-corrected chi connectivity index (χ3v) is 5.99. The van der Waals surface area contributed by atoms with Crippen molar-refractivity contribution in [3.8, 4) is 11.5 Å². The van der Waals surface area contributed by atoms with Crippen LogP contribution in [0.4, 0.5) is 0 Å². The lowest BCUT2D eigenvalue weighted by molar-refractivity contribution is -0.121. The summed E-state index contributed by atoms with van der Waals surface area (Å²) in [7, 11) is 0. The number of nitrogens with zero attached hydrogens (tertiary/aromatic N) is 1. The van der Waals surface area contributed by atoms with Crippen LogP contribution in [-0.4, -0.2) is 58.3 Å². The van der Waals surface area contributed by atoms with Crippen LogP contribution in [0.15, 0.2) is 30.3 Å². The van der Waals surface area contributed by atoms with Gasteiger partial charge in [0.2, 0.25) is 5.91 Å². The molecule has 1 unspecified atom stereocenters. The molecule has 0 radical (unpaired) electrons. The number of phenolic OH excluding ortho intramolecular Hbond substituents is 2. The molecule has 0 aliphatic heterocycles. The number of aromatic hydroxyl groups is 2. The quantitative estimate of drug-likeness (QED) is 0.443. The molecule has 2 aromatic carbocycles. The van der Waals surface area contributed by atoms with Crippen LogP contribution in [0.3, 0.4) is 0 Å². The lowest BCUT2D eigenvalue weighted by atomic mass is 9.82. The first-order valence-corrected chi connectivity index (χ1v) is 11.1. The van der Waals surface area contributed by atoms with Gasteiger partial charge in [-0.1, -0.05) is 38.1 Å². The molecule has 0 spiro atoms. The highest BCUT2D eigenvalue weighted by atomic mass is 16.3. The smallest absolute Gasteiger partial charge is 0.224 e. The summed E-state index contributed by atoms with van der Waals surface area (Å²) < 4.78 is 0. The van der Waals surface area contributed by atoms with Gasteiger partial charge in [0.25, 0.3) is 0 Å². The highest BCUT2D eigenvalue weighted by Crippen LogP contribution is 2.40. The molecular weight excluding hydrogens is 408 g/mol. The highest BCUT2D eigenvalue weighted by molar-refractivity contribution is 6.30. The van der Waals surface area contributed by atoms with Gasteiger partial charge in [0, 0.05) is 22.7 Å². The van der Waals surface area contributed by atoms with Gasteiger partial charge < -0.3 is 20.4 Å². The van der Waals surface area contributed by atoms with Crippen LogP contribution in [0.25, 0.3) is 0 Å². The second kappa shape index (κ2) is 9.96. The minimum absolute atomic E-state index is 0.0542. The first-order chi connectivity index (χ1) is 15.3. The molecule has 3 rings (SSSR count). The van der Waals surface area contributed by atoms with Crippen LogP contribution in [0.2, 0.25) is 0 Å². The molecule has 1 aliphatic rings. The van der Waals surface area contributed by atoms with Crippen LogP contribution >= 0.6 is 0 Å². The van der Waals surface area contributed by atoms with Gasteiger partial charge >= 0.3 is 0 Å². The van der Waals surface area contributed by atoms with E-state index in [1.54, 1.807) is 12.1 Å². The Kier molecular flexibility index (Phi) is 7.30. The highest BCUT2D eigenvalue weighted by Gasteiger charge is 2.35. The number of amides is 1. The van der Waals surface area contributed by atoms with Crippen molar-refractivity contribution in [1.82, 2.24) is 10.2 Å². The Morgan fingerprint density at radius 2 is 1.62 bits per heavy atom. The van der Waals surface area contributed by atoms with Crippen molar-refractivity contribution >= 4 is 17.5 Å². The molecule has 1 atom stereocenters. The SMILES string of the molecule is CCN(CC)CCCC(C)NC(=O)Cc1cc(O)c2c(c1O)C(=O)c1ccccc1C2=O. The van der Waals surface area contributed by atoms with Crippen LogP contribution < -0.4 is 5.32 Å². The molecule has 3 N–H and O–H groups in total. The Labute approximate surface area is 188 Å². The third kappa shape index (κ3) is 4.67. The van der Waals surface area contributed by atoms with Gasteiger partial charge in [-0.3, -0.25) is 14.4 Å². The second-order valence-corrected chi connectivity index (χ2v) is 8.17. The molecule has 0 saturated carbocycles. The first kappa shape index (κ1) is 23.5. The summed E-state index contributed by atoms with van der Waals surface area (Å²) in [5.74, 6) is -2.25. The zero-order valence-corrected chi connectivity index (χ0v) is 18.8. The van der Waals surface area contributed by atoms with Gasteiger partial charge in [0.1, 0.15) is 11.5 Å². The summed E-state index contributed by atoms with van der Waals surface area (Å²) in [6, 6.07) is 7.42. The summed E-state index contributed by atoms with van der Waals surface area (Å²) in [5.41, 5.74) is -0.00891. The predicted octanol–water partition coefficient (Wildman–Crippen LogP) is 3.04. The predicted molar refractivity (Wildman–Crippen MR) is 121 cm³/mol. The van der Waals surface area contributed by atoms with Gasteiger partial charge in [0.05, 0.1) is 17.5 Å². The fourth-order valence-electron chi connectivity index (χ4n) is 4.18. The molecule has 7 heteroatoms. The third-order valence-electron chi connectivity index (χ3n) is 5.99. The molecule has 0 bridgehead atoms. The Morgan fingerprint density at radius 3 is 2.22 bits per heavy atom. The number of carbonyl (C=O) groups is 3.